The topological polar surface area (TPSA) is 38.7 Å². The van der Waals surface area contributed by atoms with E-state index in [4.69, 9.17) is 16.4 Å². The van der Waals surface area contributed by atoms with Gasteiger partial charge in [-0.15, -0.1) is 0 Å². The molecule has 0 atom stereocenters. The zero-order valence-electron chi connectivity index (χ0n) is 10.6. The van der Waals surface area contributed by atoms with E-state index in [9.17, 15) is 4.79 Å². The van der Waals surface area contributed by atoms with Gasteiger partial charge in [0, 0.05) is 11.4 Å². The Hall–Kier alpha value is -1.35. The summed E-state index contributed by atoms with van der Waals surface area (Å²) in [5.41, 5.74) is 1.34. The van der Waals surface area contributed by atoms with Gasteiger partial charge in [0.2, 0.25) is 0 Å². The molecule has 18 heavy (non-hydrogen) atoms. The summed E-state index contributed by atoms with van der Waals surface area (Å²) in [4.78, 5) is 16.8. The van der Waals surface area contributed by atoms with E-state index in [1.807, 2.05) is 38.1 Å². The molecule has 0 saturated heterocycles. The van der Waals surface area contributed by atoms with Gasteiger partial charge < -0.3 is 4.84 Å². The molecule has 3 nitrogen and oxygen atoms in total. The van der Waals surface area contributed by atoms with E-state index in [0.29, 0.717) is 11.4 Å². The van der Waals surface area contributed by atoms with Gasteiger partial charge in [-0.1, -0.05) is 42.7 Å². The van der Waals surface area contributed by atoms with E-state index in [1.54, 1.807) is 0 Å². The van der Waals surface area contributed by atoms with Gasteiger partial charge >= 0.3 is 5.97 Å². The number of carbonyl (C=O) groups is 1. The number of benzene rings is 1. The van der Waals surface area contributed by atoms with Crippen LogP contribution in [0.15, 0.2) is 29.4 Å². The first-order valence-electron chi connectivity index (χ1n) is 6.15. The zero-order valence-corrected chi connectivity index (χ0v) is 11.3. The van der Waals surface area contributed by atoms with Crippen LogP contribution in [0.3, 0.4) is 0 Å². The molecule has 0 aliphatic carbocycles. The maximum absolute atomic E-state index is 11.9. The Labute approximate surface area is 112 Å². The minimum atomic E-state index is -0.434. The van der Waals surface area contributed by atoms with Gasteiger partial charge in [-0.3, -0.25) is 0 Å². The first-order chi connectivity index (χ1) is 8.61. The van der Waals surface area contributed by atoms with Crippen LogP contribution < -0.4 is 0 Å². The van der Waals surface area contributed by atoms with Crippen molar-refractivity contribution in [3.8, 4) is 0 Å². The van der Waals surface area contributed by atoms with Crippen molar-refractivity contribution in [1.82, 2.24) is 0 Å². The predicted molar refractivity (Wildman–Crippen MR) is 71.7 cm³/mol. The lowest BCUT2D eigenvalue weighted by molar-refractivity contribution is -0.158. The van der Waals surface area contributed by atoms with Gasteiger partial charge in [-0.2, -0.15) is 0 Å². The second-order valence-electron chi connectivity index (χ2n) is 4.59. The Morgan fingerprint density at radius 2 is 1.89 bits per heavy atom. The molecule has 0 bridgehead atoms. The molecule has 1 aromatic rings. The van der Waals surface area contributed by atoms with Gasteiger partial charge in [0.15, 0.2) is 0 Å². The van der Waals surface area contributed by atoms with Crippen molar-refractivity contribution < 1.29 is 9.63 Å². The zero-order chi connectivity index (χ0) is 13.2. The van der Waals surface area contributed by atoms with Crippen molar-refractivity contribution >= 4 is 23.3 Å². The van der Waals surface area contributed by atoms with E-state index in [1.165, 1.54) is 0 Å². The monoisotopic (exact) mass is 265 g/mol. The summed E-state index contributed by atoms with van der Waals surface area (Å²) in [6.07, 6.45) is 2.14. The average molecular weight is 266 g/mol. The fraction of sp³-hybridized carbons (Fsp3) is 0.429. The van der Waals surface area contributed by atoms with Crippen molar-refractivity contribution in [3.63, 3.8) is 0 Å². The summed E-state index contributed by atoms with van der Waals surface area (Å²) >= 11 is 5.86. The fourth-order valence-electron chi connectivity index (χ4n) is 2.20. The van der Waals surface area contributed by atoms with Crippen LogP contribution >= 0.6 is 11.6 Å². The molecule has 2 rings (SSSR count). The number of halogens is 1. The lowest BCUT2D eigenvalue weighted by atomic mass is 9.76. The highest BCUT2D eigenvalue weighted by atomic mass is 35.5. The Balaban J connectivity index is 2.31. The molecule has 0 saturated carbocycles. The summed E-state index contributed by atoms with van der Waals surface area (Å²) in [5.74, 6) is -0.217. The summed E-state index contributed by atoms with van der Waals surface area (Å²) in [7, 11) is 0. The van der Waals surface area contributed by atoms with Crippen molar-refractivity contribution in [1.29, 1.82) is 0 Å². The van der Waals surface area contributed by atoms with Crippen molar-refractivity contribution in [2.45, 2.75) is 33.1 Å². The molecular formula is C14H16ClNO2. The van der Waals surface area contributed by atoms with Crippen molar-refractivity contribution in [3.05, 3.63) is 34.9 Å². The smallest absolute Gasteiger partial charge is 0.317 e. The lowest BCUT2D eigenvalue weighted by Gasteiger charge is -2.31. The van der Waals surface area contributed by atoms with Crippen LogP contribution in [0, 0.1) is 5.41 Å². The minimum Gasteiger partial charge on any atom is -0.317 e. The Bertz CT molecular complexity index is 475. The van der Waals surface area contributed by atoms with Gasteiger partial charge in [-0.05, 0) is 30.5 Å². The largest absolute Gasteiger partial charge is 0.341 e. The first kappa shape index (κ1) is 13.1. The maximum Gasteiger partial charge on any atom is 0.341 e. The first-order valence-corrected chi connectivity index (χ1v) is 6.53. The van der Waals surface area contributed by atoms with E-state index < -0.39 is 5.41 Å². The van der Waals surface area contributed by atoms with Crippen LogP contribution in [0.2, 0.25) is 5.02 Å². The van der Waals surface area contributed by atoms with Crippen molar-refractivity contribution in [2.24, 2.45) is 10.6 Å². The van der Waals surface area contributed by atoms with Gasteiger partial charge in [0.05, 0.1) is 11.1 Å². The summed E-state index contributed by atoms with van der Waals surface area (Å²) in [6, 6.07) is 7.43. The SMILES string of the molecule is CCC1(CC)CC(c2ccc(Cl)cc2)=NOC1=O. The third-order valence-electron chi connectivity index (χ3n) is 3.71. The molecule has 0 amide bonds. The number of oxime groups is 1. The Morgan fingerprint density at radius 1 is 1.28 bits per heavy atom. The van der Waals surface area contributed by atoms with E-state index in [-0.39, 0.29) is 5.97 Å². The molecule has 0 N–H and O–H groups in total. The molecular weight excluding hydrogens is 250 g/mol. The number of nitrogens with zero attached hydrogens (tertiary/aromatic N) is 1. The quantitative estimate of drug-likeness (QED) is 0.780. The lowest BCUT2D eigenvalue weighted by Crippen LogP contribution is -2.37. The highest BCUT2D eigenvalue weighted by Gasteiger charge is 2.41. The summed E-state index contributed by atoms with van der Waals surface area (Å²) < 4.78 is 0. The molecule has 4 heteroatoms. The van der Waals surface area contributed by atoms with E-state index >= 15 is 0 Å². The summed E-state index contributed by atoms with van der Waals surface area (Å²) in [5, 5.41) is 4.61. The molecule has 1 aliphatic rings. The predicted octanol–water partition coefficient (Wildman–Crippen LogP) is 3.80. The fourth-order valence-corrected chi connectivity index (χ4v) is 2.33. The molecule has 0 unspecified atom stereocenters. The standard InChI is InChI=1S/C14H16ClNO2/c1-3-14(4-2)9-12(16-18-13(14)17)10-5-7-11(15)8-6-10/h5-8H,3-4,9H2,1-2H3. The van der Waals surface area contributed by atoms with Crippen molar-refractivity contribution in [2.75, 3.05) is 0 Å². The highest BCUT2D eigenvalue weighted by molar-refractivity contribution is 6.30. The molecule has 0 aromatic heterocycles. The molecule has 1 aromatic carbocycles. The van der Waals surface area contributed by atoms with Gasteiger partial charge in [0.1, 0.15) is 0 Å². The second kappa shape index (κ2) is 5.11. The van der Waals surface area contributed by atoms with Crippen LogP contribution in [-0.4, -0.2) is 11.7 Å². The average Bonchev–Trinajstić information content (AvgIpc) is 2.41. The molecule has 1 heterocycles. The minimum absolute atomic E-state index is 0.217. The third-order valence-corrected chi connectivity index (χ3v) is 3.96. The highest BCUT2D eigenvalue weighted by Crippen LogP contribution is 2.36. The number of hydrogen-bond donors (Lipinski definition) is 0. The molecule has 96 valence electrons. The second-order valence-corrected chi connectivity index (χ2v) is 5.02. The molecule has 1 aliphatic heterocycles. The summed E-state index contributed by atoms with van der Waals surface area (Å²) in [6.45, 7) is 4.02. The van der Waals surface area contributed by atoms with Crippen LogP contribution in [0.4, 0.5) is 0 Å². The van der Waals surface area contributed by atoms with Gasteiger partial charge in [0.25, 0.3) is 0 Å². The molecule has 0 radical (unpaired) electrons. The van der Waals surface area contributed by atoms with E-state index in [2.05, 4.69) is 5.16 Å². The Kier molecular flexibility index (Phi) is 3.71. The number of carbonyl (C=O) groups excluding carboxylic acids is 1. The van der Waals surface area contributed by atoms with Crippen LogP contribution in [0.5, 0.6) is 0 Å². The molecule has 0 spiro atoms. The molecule has 0 fully saturated rings. The van der Waals surface area contributed by atoms with E-state index in [0.717, 1.165) is 24.1 Å². The van der Waals surface area contributed by atoms with Crippen LogP contribution in [0.1, 0.15) is 38.7 Å². The number of rotatable bonds is 3. The normalized spacial score (nSPS) is 18.2. The Morgan fingerprint density at radius 3 is 2.44 bits per heavy atom. The number of hydrogen-bond acceptors (Lipinski definition) is 3. The third kappa shape index (κ3) is 2.27. The van der Waals surface area contributed by atoms with Crippen LogP contribution in [0.25, 0.3) is 0 Å². The van der Waals surface area contributed by atoms with Gasteiger partial charge in [-0.25, -0.2) is 4.79 Å². The maximum atomic E-state index is 11.9. The van der Waals surface area contributed by atoms with Crippen LogP contribution in [-0.2, 0) is 9.63 Å².